The molecule has 0 saturated carbocycles. The van der Waals surface area contributed by atoms with E-state index in [9.17, 15) is 4.79 Å². The van der Waals surface area contributed by atoms with Crippen molar-refractivity contribution in [2.24, 2.45) is 0 Å². The molecule has 0 atom stereocenters. The zero-order valence-electron chi connectivity index (χ0n) is 16.6. The van der Waals surface area contributed by atoms with Gasteiger partial charge in [-0.05, 0) is 31.8 Å². The van der Waals surface area contributed by atoms with Gasteiger partial charge in [-0.15, -0.1) is 11.6 Å². The minimum Gasteiger partial charge on any atom is -0.435 e. The first-order valence-electron chi connectivity index (χ1n) is 10.7. The van der Waals surface area contributed by atoms with Crippen molar-refractivity contribution < 1.29 is 9.53 Å². The third-order valence-corrected chi connectivity index (χ3v) is 4.80. The minimum absolute atomic E-state index is 0.100. The highest BCUT2D eigenvalue weighted by molar-refractivity contribution is 6.17. The lowest BCUT2D eigenvalue weighted by molar-refractivity contribution is -0.138. The number of carbonyl (C=O) groups excluding carboxylic acids is 1. The molecule has 0 unspecified atom stereocenters. The Bertz CT molecular complexity index is 302. The molecule has 0 aliphatic carbocycles. The van der Waals surface area contributed by atoms with Crippen molar-refractivity contribution in [2.75, 3.05) is 5.88 Å². The summed E-state index contributed by atoms with van der Waals surface area (Å²) in [7, 11) is 0. The molecule has 0 saturated heterocycles. The first-order chi connectivity index (χ1) is 12.3. The quantitative estimate of drug-likeness (QED) is 0.0995. The van der Waals surface area contributed by atoms with Crippen molar-refractivity contribution in [3.05, 3.63) is 12.3 Å². The molecule has 0 bridgehead atoms. The average molecular weight is 373 g/mol. The standard InChI is InChI=1S/C22H41ClO2/c1-2-3-4-5-6-7-8-9-10-11-12-13-16-19-22(24)25-21-18-15-14-17-20-23/h18,21H,2-17,19-20H2,1H3/b21-18-. The van der Waals surface area contributed by atoms with E-state index in [1.54, 1.807) is 6.26 Å². The molecule has 148 valence electrons. The third-order valence-electron chi connectivity index (χ3n) is 4.53. The number of unbranched alkanes of at least 4 members (excludes halogenated alkanes) is 14. The lowest BCUT2D eigenvalue weighted by atomic mass is 10.0. The molecule has 0 aliphatic heterocycles. The van der Waals surface area contributed by atoms with E-state index in [-0.39, 0.29) is 5.97 Å². The fourth-order valence-corrected chi connectivity index (χ4v) is 3.08. The van der Waals surface area contributed by atoms with Gasteiger partial charge in [0.1, 0.15) is 0 Å². The van der Waals surface area contributed by atoms with Gasteiger partial charge in [0.25, 0.3) is 0 Å². The van der Waals surface area contributed by atoms with E-state index in [1.165, 1.54) is 70.6 Å². The summed E-state index contributed by atoms with van der Waals surface area (Å²) in [6.07, 6.45) is 24.2. The van der Waals surface area contributed by atoms with E-state index in [0.29, 0.717) is 12.3 Å². The molecule has 0 aromatic rings. The monoisotopic (exact) mass is 372 g/mol. The number of rotatable bonds is 19. The average Bonchev–Trinajstić information content (AvgIpc) is 2.62. The van der Waals surface area contributed by atoms with E-state index in [1.807, 2.05) is 6.08 Å². The Hall–Kier alpha value is -0.500. The number of ether oxygens (including phenoxy) is 1. The van der Waals surface area contributed by atoms with Crippen LogP contribution in [-0.4, -0.2) is 11.8 Å². The smallest absolute Gasteiger partial charge is 0.310 e. The fourth-order valence-electron chi connectivity index (χ4n) is 2.89. The predicted molar refractivity (Wildman–Crippen MR) is 110 cm³/mol. The van der Waals surface area contributed by atoms with Crippen LogP contribution in [-0.2, 0) is 9.53 Å². The molecule has 3 heteroatoms. The summed E-state index contributed by atoms with van der Waals surface area (Å²) in [4.78, 5) is 11.5. The largest absolute Gasteiger partial charge is 0.435 e. The summed E-state index contributed by atoms with van der Waals surface area (Å²) in [6, 6.07) is 0. The molecule has 0 spiro atoms. The van der Waals surface area contributed by atoms with Crippen LogP contribution in [0.3, 0.4) is 0 Å². The maximum absolute atomic E-state index is 11.5. The van der Waals surface area contributed by atoms with Gasteiger partial charge in [-0.3, -0.25) is 4.79 Å². The van der Waals surface area contributed by atoms with Gasteiger partial charge >= 0.3 is 5.97 Å². The SMILES string of the molecule is CCCCCCCCCCCCCCCC(=O)O/C=C\CCCCCl. The van der Waals surface area contributed by atoms with Crippen molar-refractivity contribution in [1.29, 1.82) is 0 Å². The summed E-state index contributed by atoms with van der Waals surface area (Å²) in [5.41, 5.74) is 0. The van der Waals surface area contributed by atoms with Crippen LogP contribution in [0.4, 0.5) is 0 Å². The van der Waals surface area contributed by atoms with Gasteiger partial charge < -0.3 is 4.74 Å². The van der Waals surface area contributed by atoms with E-state index >= 15 is 0 Å². The van der Waals surface area contributed by atoms with Gasteiger partial charge in [-0.1, -0.05) is 84.0 Å². The number of hydrogen-bond donors (Lipinski definition) is 0. The number of halogens is 1. The van der Waals surface area contributed by atoms with Crippen LogP contribution >= 0.6 is 11.6 Å². The second-order valence-corrected chi connectivity index (χ2v) is 7.42. The molecule has 0 aromatic carbocycles. The Morgan fingerprint density at radius 2 is 1.28 bits per heavy atom. The number of allylic oxidation sites excluding steroid dienone is 1. The Kier molecular flexibility index (Phi) is 21.1. The summed E-state index contributed by atoms with van der Waals surface area (Å²) in [5.74, 6) is 0.601. The predicted octanol–water partition coefficient (Wildman–Crippen LogP) is 7.93. The van der Waals surface area contributed by atoms with Gasteiger partial charge in [0.15, 0.2) is 0 Å². The van der Waals surface area contributed by atoms with E-state index in [2.05, 4.69) is 6.92 Å². The highest BCUT2D eigenvalue weighted by Gasteiger charge is 2.00. The molecule has 0 aromatic heterocycles. The Labute approximate surface area is 161 Å². The topological polar surface area (TPSA) is 26.3 Å². The van der Waals surface area contributed by atoms with Crippen LogP contribution in [0.5, 0.6) is 0 Å². The van der Waals surface area contributed by atoms with Crippen molar-refractivity contribution in [3.8, 4) is 0 Å². The van der Waals surface area contributed by atoms with Crippen molar-refractivity contribution >= 4 is 17.6 Å². The molecule has 0 fully saturated rings. The molecule has 0 rings (SSSR count). The molecule has 0 amide bonds. The maximum Gasteiger partial charge on any atom is 0.310 e. The highest BCUT2D eigenvalue weighted by atomic mass is 35.5. The van der Waals surface area contributed by atoms with Crippen LogP contribution in [0.2, 0.25) is 0 Å². The molecule has 0 heterocycles. The second-order valence-electron chi connectivity index (χ2n) is 7.04. The fraction of sp³-hybridized carbons (Fsp3) is 0.864. The van der Waals surface area contributed by atoms with Crippen molar-refractivity contribution in [3.63, 3.8) is 0 Å². The number of esters is 1. The normalized spacial score (nSPS) is 11.3. The first kappa shape index (κ1) is 24.5. The van der Waals surface area contributed by atoms with Crippen molar-refractivity contribution in [1.82, 2.24) is 0 Å². The van der Waals surface area contributed by atoms with E-state index in [4.69, 9.17) is 16.3 Å². The lowest BCUT2D eigenvalue weighted by Gasteiger charge is -2.03. The lowest BCUT2D eigenvalue weighted by Crippen LogP contribution is -1.98. The van der Waals surface area contributed by atoms with Crippen LogP contribution in [0.1, 0.15) is 116 Å². The highest BCUT2D eigenvalue weighted by Crippen LogP contribution is 2.13. The Morgan fingerprint density at radius 1 is 0.760 bits per heavy atom. The summed E-state index contributed by atoms with van der Waals surface area (Å²) >= 11 is 5.60. The van der Waals surface area contributed by atoms with Gasteiger partial charge in [-0.2, -0.15) is 0 Å². The molecule has 0 radical (unpaired) electrons. The zero-order valence-corrected chi connectivity index (χ0v) is 17.3. The Morgan fingerprint density at radius 3 is 1.80 bits per heavy atom. The van der Waals surface area contributed by atoms with Crippen LogP contribution in [0, 0.1) is 0 Å². The van der Waals surface area contributed by atoms with Gasteiger partial charge in [0.2, 0.25) is 0 Å². The minimum atomic E-state index is -0.100. The van der Waals surface area contributed by atoms with Gasteiger partial charge in [0.05, 0.1) is 6.26 Å². The number of hydrogen-bond acceptors (Lipinski definition) is 2. The molecule has 25 heavy (non-hydrogen) atoms. The maximum atomic E-state index is 11.5. The first-order valence-corrected chi connectivity index (χ1v) is 11.2. The second kappa shape index (κ2) is 21.5. The zero-order chi connectivity index (χ0) is 18.4. The third kappa shape index (κ3) is 21.5. The molecular weight excluding hydrogens is 332 g/mol. The number of alkyl halides is 1. The Balaban J connectivity index is 3.18. The summed E-state index contributed by atoms with van der Waals surface area (Å²) < 4.78 is 5.08. The van der Waals surface area contributed by atoms with Gasteiger partial charge in [0, 0.05) is 12.3 Å². The van der Waals surface area contributed by atoms with Crippen LogP contribution < -0.4 is 0 Å². The summed E-state index contributed by atoms with van der Waals surface area (Å²) in [6.45, 7) is 2.27. The molecular formula is C22H41ClO2. The molecule has 2 nitrogen and oxygen atoms in total. The van der Waals surface area contributed by atoms with Crippen molar-refractivity contribution in [2.45, 2.75) is 116 Å². The molecule has 0 N–H and O–H groups in total. The summed E-state index contributed by atoms with van der Waals surface area (Å²) in [5, 5.41) is 0. The van der Waals surface area contributed by atoms with Crippen LogP contribution in [0.25, 0.3) is 0 Å². The molecule has 0 aliphatic rings. The number of carbonyl (C=O) groups is 1. The van der Waals surface area contributed by atoms with E-state index < -0.39 is 0 Å². The van der Waals surface area contributed by atoms with Gasteiger partial charge in [-0.25, -0.2) is 0 Å². The van der Waals surface area contributed by atoms with Crippen LogP contribution in [0.15, 0.2) is 12.3 Å². The van der Waals surface area contributed by atoms with E-state index in [0.717, 1.165) is 32.1 Å².